The van der Waals surface area contributed by atoms with Gasteiger partial charge in [0.1, 0.15) is 11.5 Å². The van der Waals surface area contributed by atoms with E-state index in [1.54, 1.807) is 0 Å². The maximum atomic E-state index is 12.0. The van der Waals surface area contributed by atoms with E-state index in [9.17, 15) is 9.59 Å². The van der Waals surface area contributed by atoms with Crippen molar-refractivity contribution in [2.45, 2.75) is 13.8 Å². The molecule has 1 aromatic carbocycles. The van der Waals surface area contributed by atoms with Gasteiger partial charge in [-0.25, -0.2) is 4.79 Å². The number of hydrogen-bond acceptors (Lipinski definition) is 4. The van der Waals surface area contributed by atoms with E-state index in [-0.39, 0.29) is 11.1 Å². The Labute approximate surface area is 127 Å². The molecule has 1 amide bonds. The van der Waals surface area contributed by atoms with Crippen LogP contribution >= 0.6 is 11.6 Å². The molecule has 0 saturated heterocycles. The SMILES string of the molecule is COc1cc(OC)c(NC(=O)C(C)=C(C)C(=O)O)cc1Cl. The zero-order valence-corrected chi connectivity index (χ0v) is 12.9. The highest BCUT2D eigenvalue weighted by molar-refractivity contribution is 6.32. The molecule has 0 bridgehead atoms. The van der Waals surface area contributed by atoms with E-state index in [0.717, 1.165) is 0 Å². The minimum absolute atomic E-state index is 0.0360. The van der Waals surface area contributed by atoms with Crippen molar-refractivity contribution in [1.82, 2.24) is 0 Å². The van der Waals surface area contributed by atoms with E-state index in [1.807, 2.05) is 0 Å². The molecule has 7 heteroatoms. The lowest BCUT2D eigenvalue weighted by Gasteiger charge is -2.13. The van der Waals surface area contributed by atoms with E-state index in [4.69, 9.17) is 26.2 Å². The number of carboxylic acids is 1. The molecule has 0 aromatic heterocycles. The van der Waals surface area contributed by atoms with Crippen LogP contribution in [0.2, 0.25) is 5.02 Å². The summed E-state index contributed by atoms with van der Waals surface area (Å²) in [6, 6.07) is 3.00. The van der Waals surface area contributed by atoms with Gasteiger partial charge in [0.25, 0.3) is 5.91 Å². The van der Waals surface area contributed by atoms with Crippen LogP contribution in [0.3, 0.4) is 0 Å². The summed E-state index contributed by atoms with van der Waals surface area (Å²) in [7, 11) is 2.89. The molecular weight excluding hydrogens is 298 g/mol. The van der Waals surface area contributed by atoms with Crippen LogP contribution in [0.15, 0.2) is 23.3 Å². The van der Waals surface area contributed by atoms with E-state index >= 15 is 0 Å². The Morgan fingerprint density at radius 1 is 1.10 bits per heavy atom. The van der Waals surface area contributed by atoms with Gasteiger partial charge in [0.15, 0.2) is 0 Å². The van der Waals surface area contributed by atoms with Crippen LogP contribution in [-0.2, 0) is 9.59 Å². The highest BCUT2D eigenvalue weighted by Gasteiger charge is 2.16. The molecule has 0 radical (unpaired) electrons. The smallest absolute Gasteiger partial charge is 0.331 e. The fourth-order valence-corrected chi connectivity index (χ4v) is 1.75. The van der Waals surface area contributed by atoms with Gasteiger partial charge in [0.05, 0.1) is 24.9 Å². The third-order valence-electron chi connectivity index (χ3n) is 2.95. The quantitative estimate of drug-likeness (QED) is 0.816. The topological polar surface area (TPSA) is 84.9 Å². The van der Waals surface area contributed by atoms with Crippen LogP contribution in [0.5, 0.6) is 11.5 Å². The van der Waals surface area contributed by atoms with Crippen molar-refractivity contribution in [1.29, 1.82) is 0 Å². The van der Waals surface area contributed by atoms with E-state index in [2.05, 4.69) is 5.32 Å². The molecule has 0 unspecified atom stereocenters. The predicted octanol–water partition coefficient (Wildman–Crippen LogP) is 2.72. The molecule has 0 atom stereocenters. The summed E-state index contributed by atoms with van der Waals surface area (Å²) < 4.78 is 10.2. The van der Waals surface area contributed by atoms with Gasteiger partial charge in [-0.1, -0.05) is 11.6 Å². The van der Waals surface area contributed by atoms with Gasteiger partial charge in [0, 0.05) is 17.2 Å². The first-order chi connectivity index (χ1) is 9.81. The Bertz CT molecular complexity index is 610. The zero-order valence-electron chi connectivity index (χ0n) is 12.1. The molecular formula is C14H16ClNO5. The summed E-state index contributed by atoms with van der Waals surface area (Å²) >= 11 is 6.00. The highest BCUT2D eigenvalue weighted by Crippen LogP contribution is 2.36. The molecule has 0 aliphatic carbocycles. The molecule has 21 heavy (non-hydrogen) atoms. The van der Waals surface area contributed by atoms with Crippen molar-refractivity contribution in [3.8, 4) is 11.5 Å². The van der Waals surface area contributed by atoms with Crippen molar-refractivity contribution >= 4 is 29.2 Å². The zero-order chi connectivity index (χ0) is 16.2. The molecule has 2 N–H and O–H groups in total. The molecule has 0 aliphatic rings. The normalized spacial score (nSPS) is 11.5. The molecule has 0 saturated carbocycles. The second-order valence-corrected chi connectivity index (χ2v) is 4.60. The van der Waals surface area contributed by atoms with Crippen LogP contribution < -0.4 is 14.8 Å². The maximum absolute atomic E-state index is 12.0. The molecule has 114 valence electrons. The third-order valence-corrected chi connectivity index (χ3v) is 3.24. The van der Waals surface area contributed by atoms with Gasteiger partial charge in [-0.2, -0.15) is 0 Å². The van der Waals surface area contributed by atoms with Crippen molar-refractivity contribution in [3.63, 3.8) is 0 Å². The second kappa shape index (κ2) is 6.99. The lowest BCUT2D eigenvalue weighted by atomic mass is 10.1. The third kappa shape index (κ3) is 3.88. The van der Waals surface area contributed by atoms with Gasteiger partial charge >= 0.3 is 5.97 Å². The average molecular weight is 314 g/mol. The van der Waals surface area contributed by atoms with Gasteiger partial charge < -0.3 is 19.9 Å². The number of hydrogen-bond donors (Lipinski definition) is 2. The molecule has 1 rings (SSSR count). The number of carbonyl (C=O) groups excluding carboxylic acids is 1. The molecule has 1 aromatic rings. The fourth-order valence-electron chi connectivity index (χ4n) is 1.50. The number of ether oxygens (including phenoxy) is 2. The minimum atomic E-state index is -1.15. The van der Waals surface area contributed by atoms with Crippen molar-refractivity contribution < 1.29 is 24.2 Å². The fraction of sp³-hybridized carbons (Fsp3) is 0.286. The van der Waals surface area contributed by atoms with Crippen molar-refractivity contribution in [3.05, 3.63) is 28.3 Å². The van der Waals surface area contributed by atoms with Gasteiger partial charge in [-0.05, 0) is 19.9 Å². The number of carboxylic acid groups (broad SMARTS) is 1. The number of carbonyl (C=O) groups is 2. The first-order valence-corrected chi connectivity index (χ1v) is 6.33. The molecule has 6 nitrogen and oxygen atoms in total. The number of halogens is 1. The first-order valence-electron chi connectivity index (χ1n) is 5.95. The van der Waals surface area contributed by atoms with Crippen LogP contribution in [0, 0.1) is 0 Å². The number of amides is 1. The van der Waals surface area contributed by atoms with Gasteiger partial charge in [0.2, 0.25) is 0 Å². The molecule has 0 heterocycles. The number of benzene rings is 1. The van der Waals surface area contributed by atoms with Crippen LogP contribution in [-0.4, -0.2) is 31.2 Å². The van der Waals surface area contributed by atoms with E-state index in [1.165, 1.54) is 40.2 Å². The minimum Gasteiger partial charge on any atom is -0.495 e. The number of rotatable bonds is 5. The Morgan fingerprint density at radius 2 is 1.67 bits per heavy atom. The number of nitrogens with one attached hydrogen (secondary N) is 1. The number of aliphatic carboxylic acids is 1. The number of anilines is 1. The van der Waals surface area contributed by atoms with Gasteiger partial charge in [-0.15, -0.1) is 0 Å². The summed E-state index contributed by atoms with van der Waals surface area (Å²) in [5.74, 6) is -0.942. The second-order valence-electron chi connectivity index (χ2n) is 4.20. The van der Waals surface area contributed by atoms with E-state index < -0.39 is 11.9 Å². The Balaban J connectivity index is 3.14. The first kappa shape index (κ1) is 16.8. The Kier molecular flexibility index (Phi) is 5.60. The van der Waals surface area contributed by atoms with Crippen LogP contribution in [0.25, 0.3) is 0 Å². The highest BCUT2D eigenvalue weighted by atomic mass is 35.5. The maximum Gasteiger partial charge on any atom is 0.331 e. The van der Waals surface area contributed by atoms with Gasteiger partial charge in [-0.3, -0.25) is 4.79 Å². The standard InChI is InChI=1S/C14H16ClNO5/c1-7(8(2)14(18)19)13(17)16-10-5-9(15)11(20-3)6-12(10)21-4/h5-6H,1-4H3,(H,16,17)(H,18,19). The average Bonchev–Trinajstić information content (AvgIpc) is 2.45. The van der Waals surface area contributed by atoms with E-state index in [0.29, 0.717) is 22.2 Å². The van der Waals surface area contributed by atoms with Crippen LogP contribution in [0.1, 0.15) is 13.8 Å². The number of methoxy groups -OCH3 is 2. The van der Waals surface area contributed by atoms with Crippen molar-refractivity contribution in [2.75, 3.05) is 19.5 Å². The summed E-state index contributed by atoms with van der Waals surface area (Å²) in [6.45, 7) is 2.78. The Morgan fingerprint density at radius 3 is 2.14 bits per heavy atom. The largest absolute Gasteiger partial charge is 0.495 e. The Hall–Kier alpha value is -2.21. The van der Waals surface area contributed by atoms with Crippen LogP contribution in [0.4, 0.5) is 5.69 Å². The summed E-state index contributed by atoms with van der Waals surface area (Å²) in [4.78, 5) is 22.9. The summed E-state index contributed by atoms with van der Waals surface area (Å²) in [6.07, 6.45) is 0. The molecule has 0 fully saturated rings. The molecule has 0 spiro atoms. The summed E-state index contributed by atoms with van der Waals surface area (Å²) in [5, 5.41) is 11.7. The van der Waals surface area contributed by atoms with Crippen molar-refractivity contribution in [2.24, 2.45) is 0 Å². The summed E-state index contributed by atoms with van der Waals surface area (Å²) in [5.41, 5.74) is 0.383. The monoisotopic (exact) mass is 313 g/mol. The lowest BCUT2D eigenvalue weighted by molar-refractivity contribution is -0.133. The lowest BCUT2D eigenvalue weighted by Crippen LogP contribution is -2.16. The predicted molar refractivity (Wildman–Crippen MR) is 79.2 cm³/mol. The molecule has 0 aliphatic heterocycles.